The van der Waals surface area contributed by atoms with Gasteiger partial charge >= 0.3 is 5.97 Å². The van der Waals surface area contributed by atoms with E-state index in [-0.39, 0.29) is 6.42 Å². The molecule has 0 radical (unpaired) electrons. The maximum Gasteiger partial charge on any atom is 0.303 e. The first-order valence-electron chi connectivity index (χ1n) is 5.40. The molecule has 0 heterocycles. The van der Waals surface area contributed by atoms with E-state index >= 15 is 0 Å². The Balaban J connectivity index is 2.16. The van der Waals surface area contributed by atoms with Crippen LogP contribution in [0.4, 0.5) is 5.69 Å². The Morgan fingerprint density at radius 3 is 2.56 bits per heavy atom. The van der Waals surface area contributed by atoms with Crippen molar-refractivity contribution in [1.82, 2.24) is 0 Å². The summed E-state index contributed by atoms with van der Waals surface area (Å²) in [6.45, 7) is 0. The molecule has 16 heavy (non-hydrogen) atoms. The van der Waals surface area contributed by atoms with Crippen LogP contribution in [0, 0.1) is 0 Å². The first-order valence-corrected chi connectivity index (χ1v) is 5.40. The SMILES string of the molecule is O=C(O)CCCCC(O)Nc1ccccc1. The van der Waals surface area contributed by atoms with Crippen molar-refractivity contribution < 1.29 is 15.0 Å². The van der Waals surface area contributed by atoms with Gasteiger partial charge in [-0.05, 0) is 31.4 Å². The number of hydrogen-bond donors (Lipinski definition) is 3. The number of anilines is 1. The van der Waals surface area contributed by atoms with Gasteiger partial charge in [0.25, 0.3) is 0 Å². The van der Waals surface area contributed by atoms with E-state index in [1.54, 1.807) is 0 Å². The van der Waals surface area contributed by atoms with E-state index in [1.165, 1.54) is 0 Å². The molecule has 1 aromatic rings. The highest BCUT2D eigenvalue weighted by Gasteiger charge is 2.04. The lowest BCUT2D eigenvalue weighted by Crippen LogP contribution is -2.18. The van der Waals surface area contributed by atoms with Gasteiger partial charge in [0.2, 0.25) is 0 Å². The molecule has 0 aliphatic rings. The van der Waals surface area contributed by atoms with Crippen LogP contribution in [0.25, 0.3) is 0 Å². The van der Waals surface area contributed by atoms with Gasteiger partial charge in [-0.15, -0.1) is 0 Å². The number of benzene rings is 1. The van der Waals surface area contributed by atoms with E-state index in [0.717, 1.165) is 5.69 Å². The van der Waals surface area contributed by atoms with Gasteiger partial charge in [-0.1, -0.05) is 18.2 Å². The van der Waals surface area contributed by atoms with Crippen LogP contribution in [0.15, 0.2) is 30.3 Å². The van der Waals surface area contributed by atoms with Crippen molar-refractivity contribution in [1.29, 1.82) is 0 Å². The number of aliphatic carboxylic acids is 1. The molecule has 1 atom stereocenters. The molecule has 0 aliphatic heterocycles. The molecule has 0 saturated heterocycles. The molecule has 0 bridgehead atoms. The quantitative estimate of drug-likeness (QED) is 0.489. The first kappa shape index (κ1) is 12.5. The molecule has 0 fully saturated rings. The lowest BCUT2D eigenvalue weighted by Gasteiger charge is -2.13. The number of aliphatic hydroxyl groups excluding tert-OH is 1. The van der Waals surface area contributed by atoms with Gasteiger partial charge in [0, 0.05) is 12.1 Å². The second-order valence-electron chi connectivity index (χ2n) is 3.67. The molecule has 4 heteroatoms. The highest BCUT2D eigenvalue weighted by molar-refractivity contribution is 5.66. The largest absolute Gasteiger partial charge is 0.481 e. The van der Waals surface area contributed by atoms with Crippen molar-refractivity contribution in [2.24, 2.45) is 0 Å². The van der Waals surface area contributed by atoms with Crippen LogP contribution in [0.1, 0.15) is 25.7 Å². The van der Waals surface area contributed by atoms with Crippen molar-refractivity contribution >= 4 is 11.7 Å². The minimum atomic E-state index is -0.787. The third kappa shape index (κ3) is 5.36. The van der Waals surface area contributed by atoms with Gasteiger partial charge in [0.05, 0.1) is 0 Å². The van der Waals surface area contributed by atoms with Crippen LogP contribution in [0.3, 0.4) is 0 Å². The highest BCUT2D eigenvalue weighted by Crippen LogP contribution is 2.10. The van der Waals surface area contributed by atoms with E-state index in [2.05, 4.69) is 5.32 Å². The van der Waals surface area contributed by atoms with Crippen molar-refractivity contribution in [3.63, 3.8) is 0 Å². The van der Waals surface area contributed by atoms with E-state index < -0.39 is 12.2 Å². The van der Waals surface area contributed by atoms with E-state index in [4.69, 9.17) is 5.11 Å². The molecule has 1 rings (SSSR count). The molecule has 4 nitrogen and oxygen atoms in total. The van der Waals surface area contributed by atoms with Crippen molar-refractivity contribution in [2.75, 3.05) is 5.32 Å². The minimum absolute atomic E-state index is 0.165. The van der Waals surface area contributed by atoms with Gasteiger partial charge < -0.3 is 15.5 Å². The third-order valence-electron chi connectivity index (χ3n) is 2.23. The number of carboxylic acids is 1. The van der Waals surface area contributed by atoms with Gasteiger partial charge in [-0.25, -0.2) is 0 Å². The molecule has 0 spiro atoms. The van der Waals surface area contributed by atoms with Crippen molar-refractivity contribution in [3.8, 4) is 0 Å². The Morgan fingerprint density at radius 1 is 1.25 bits per heavy atom. The monoisotopic (exact) mass is 223 g/mol. The van der Waals surface area contributed by atoms with Crippen molar-refractivity contribution in [3.05, 3.63) is 30.3 Å². The maximum atomic E-state index is 10.3. The molecule has 0 aromatic heterocycles. The molecule has 0 saturated carbocycles. The van der Waals surface area contributed by atoms with Crippen LogP contribution in [-0.4, -0.2) is 22.4 Å². The van der Waals surface area contributed by atoms with E-state index in [0.29, 0.717) is 19.3 Å². The van der Waals surface area contributed by atoms with E-state index in [1.807, 2.05) is 30.3 Å². The average molecular weight is 223 g/mol. The lowest BCUT2D eigenvalue weighted by atomic mass is 10.2. The molecule has 88 valence electrons. The zero-order valence-electron chi connectivity index (χ0n) is 9.10. The van der Waals surface area contributed by atoms with Gasteiger partial charge in [-0.3, -0.25) is 4.79 Å². The number of hydrogen-bond acceptors (Lipinski definition) is 3. The number of nitrogens with one attached hydrogen (secondary N) is 1. The van der Waals surface area contributed by atoms with Crippen LogP contribution >= 0.6 is 0 Å². The summed E-state index contributed by atoms with van der Waals surface area (Å²) in [5, 5.41) is 21.0. The second kappa shape index (κ2) is 6.85. The molecule has 1 unspecified atom stereocenters. The Labute approximate surface area is 94.9 Å². The summed E-state index contributed by atoms with van der Waals surface area (Å²) >= 11 is 0. The zero-order chi connectivity index (χ0) is 11.8. The van der Waals surface area contributed by atoms with Crippen LogP contribution in [0.2, 0.25) is 0 Å². The Hall–Kier alpha value is -1.55. The Morgan fingerprint density at radius 2 is 1.94 bits per heavy atom. The summed E-state index contributed by atoms with van der Waals surface area (Å²) in [4.78, 5) is 10.3. The summed E-state index contributed by atoms with van der Waals surface area (Å²) in [6.07, 6.45) is 1.41. The summed E-state index contributed by atoms with van der Waals surface area (Å²) in [5.41, 5.74) is 0.869. The predicted molar refractivity (Wildman–Crippen MR) is 62.2 cm³/mol. The molecule has 3 N–H and O–H groups in total. The van der Waals surface area contributed by atoms with Crippen LogP contribution in [-0.2, 0) is 4.79 Å². The summed E-state index contributed by atoms with van der Waals surface area (Å²) in [7, 11) is 0. The normalized spacial score (nSPS) is 12.1. The van der Waals surface area contributed by atoms with Crippen LogP contribution < -0.4 is 5.32 Å². The summed E-state index contributed by atoms with van der Waals surface area (Å²) < 4.78 is 0. The smallest absolute Gasteiger partial charge is 0.303 e. The molecule has 0 aliphatic carbocycles. The number of carbonyl (C=O) groups is 1. The third-order valence-corrected chi connectivity index (χ3v) is 2.23. The van der Waals surface area contributed by atoms with Gasteiger partial charge in [0.15, 0.2) is 0 Å². The van der Waals surface area contributed by atoms with E-state index in [9.17, 15) is 9.90 Å². The maximum absolute atomic E-state index is 10.3. The van der Waals surface area contributed by atoms with Crippen LogP contribution in [0.5, 0.6) is 0 Å². The average Bonchev–Trinajstić information content (AvgIpc) is 2.25. The zero-order valence-corrected chi connectivity index (χ0v) is 9.10. The number of carboxylic acid groups (broad SMARTS) is 1. The summed E-state index contributed by atoms with van der Waals surface area (Å²) in [5.74, 6) is -0.787. The Bertz CT molecular complexity index is 313. The van der Waals surface area contributed by atoms with Gasteiger partial charge in [-0.2, -0.15) is 0 Å². The first-order chi connectivity index (χ1) is 7.68. The fourth-order valence-electron chi connectivity index (χ4n) is 1.41. The number of para-hydroxylation sites is 1. The highest BCUT2D eigenvalue weighted by atomic mass is 16.4. The Kier molecular flexibility index (Phi) is 5.36. The molecular weight excluding hydrogens is 206 g/mol. The predicted octanol–water partition coefficient (Wildman–Crippen LogP) is 2.06. The molecule has 1 aromatic carbocycles. The summed E-state index contributed by atoms with van der Waals surface area (Å²) in [6, 6.07) is 9.43. The van der Waals surface area contributed by atoms with Crippen molar-refractivity contribution in [2.45, 2.75) is 31.9 Å². The number of unbranched alkanes of at least 4 members (excludes halogenated alkanes) is 1. The minimum Gasteiger partial charge on any atom is -0.481 e. The number of rotatable bonds is 7. The lowest BCUT2D eigenvalue weighted by molar-refractivity contribution is -0.137. The molecular formula is C12H17NO3. The number of aliphatic hydroxyl groups is 1. The fraction of sp³-hybridized carbons (Fsp3) is 0.417. The van der Waals surface area contributed by atoms with Gasteiger partial charge in [0.1, 0.15) is 6.23 Å². The standard InChI is InChI=1S/C12H17NO3/c14-11(8-4-5-9-12(15)16)13-10-6-2-1-3-7-10/h1-3,6-7,11,13-14H,4-5,8-9H2,(H,15,16). The fourth-order valence-corrected chi connectivity index (χ4v) is 1.41. The molecule has 0 amide bonds. The second-order valence-corrected chi connectivity index (χ2v) is 3.67. The topological polar surface area (TPSA) is 69.6 Å².